The standard InChI is InChI=1S/C15H22N4O/c1-11-8-12(20-18-11)9-19(2)10-15-13-6-4-3-5-7-14(13)16-17-15/h8H,3-7,9-10H2,1-2H3,(H,16,17). The van der Waals surface area contributed by atoms with Crippen molar-refractivity contribution in [1.82, 2.24) is 20.3 Å². The Hall–Kier alpha value is -1.62. The maximum atomic E-state index is 5.27. The first-order valence-electron chi connectivity index (χ1n) is 7.38. The average Bonchev–Trinajstić information content (AvgIpc) is 2.89. The SMILES string of the molecule is Cc1cc(CN(C)Cc2n[nH]c3c2CCCCC3)on1. The lowest BCUT2D eigenvalue weighted by Crippen LogP contribution is -2.18. The molecular weight excluding hydrogens is 252 g/mol. The highest BCUT2D eigenvalue weighted by atomic mass is 16.5. The molecule has 20 heavy (non-hydrogen) atoms. The van der Waals surface area contributed by atoms with Gasteiger partial charge in [-0.15, -0.1) is 0 Å². The van der Waals surface area contributed by atoms with Crippen LogP contribution in [0.15, 0.2) is 10.6 Å². The third-order valence-electron chi connectivity index (χ3n) is 3.91. The Bertz CT molecular complexity index is 572. The van der Waals surface area contributed by atoms with Gasteiger partial charge in [0.1, 0.15) is 0 Å². The van der Waals surface area contributed by atoms with Crippen LogP contribution in [-0.2, 0) is 25.9 Å². The number of nitrogens with one attached hydrogen (secondary N) is 1. The van der Waals surface area contributed by atoms with E-state index in [0.717, 1.165) is 37.4 Å². The molecule has 108 valence electrons. The number of H-pyrrole nitrogens is 1. The minimum atomic E-state index is 0.766. The summed E-state index contributed by atoms with van der Waals surface area (Å²) in [7, 11) is 2.09. The van der Waals surface area contributed by atoms with Gasteiger partial charge in [0.15, 0.2) is 5.76 Å². The number of hydrogen-bond donors (Lipinski definition) is 1. The van der Waals surface area contributed by atoms with Crippen molar-refractivity contribution in [3.8, 4) is 0 Å². The van der Waals surface area contributed by atoms with Crippen molar-refractivity contribution in [1.29, 1.82) is 0 Å². The Morgan fingerprint density at radius 1 is 1.25 bits per heavy atom. The van der Waals surface area contributed by atoms with Crippen LogP contribution >= 0.6 is 0 Å². The number of aromatic nitrogens is 3. The van der Waals surface area contributed by atoms with Gasteiger partial charge in [-0.3, -0.25) is 10.00 Å². The number of aryl methyl sites for hydroxylation is 2. The van der Waals surface area contributed by atoms with Crippen LogP contribution in [0.25, 0.3) is 0 Å². The fraction of sp³-hybridized carbons (Fsp3) is 0.600. The van der Waals surface area contributed by atoms with Crippen LogP contribution in [0, 0.1) is 6.92 Å². The molecule has 0 aromatic carbocycles. The maximum absolute atomic E-state index is 5.27. The van der Waals surface area contributed by atoms with E-state index in [1.54, 1.807) is 0 Å². The Kier molecular flexibility index (Phi) is 3.87. The van der Waals surface area contributed by atoms with E-state index in [-0.39, 0.29) is 0 Å². The predicted molar refractivity (Wildman–Crippen MR) is 76.3 cm³/mol. The molecule has 0 saturated heterocycles. The third-order valence-corrected chi connectivity index (χ3v) is 3.91. The first-order chi connectivity index (χ1) is 9.72. The molecule has 1 aliphatic carbocycles. The summed E-state index contributed by atoms with van der Waals surface area (Å²) in [6, 6.07) is 1.99. The van der Waals surface area contributed by atoms with Crippen molar-refractivity contribution in [2.45, 2.75) is 52.1 Å². The molecule has 1 aliphatic rings. The van der Waals surface area contributed by atoms with Crippen molar-refractivity contribution < 1.29 is 4.52 Å². The van der Waals surface area contributed by atoms with E-state index in [1.165, 1.54) is 36.2 Å². The molecule has 0 atom stereocenters. The minimum absolute atomic E-state index is 0.766. The maximum Gasteiger partial charge on any atom is 0.150 e. The van der Waals surface area contributed by atoms with Crippen molar-refractivity contribution >= 4 is 0 Å². The summed E-state index contributed by atoms with van der Waals surface area (Å²) in [5.41, 5.74) is 4.92. The highest BCUT2D eigenvalue weighted by Gasteiger charge is 2.17. The minimum Gasteiger partial charge on any atom is -0.360 e. The molecule has 0 unspecified atom stereocenters. The van der Waals surface area contributed by atoms with Gasteiger partial charge in [-0.25, -0.2) is 0 Å². The van der Waals surface area contributed by atoms with Crippen LogP contribution in [-0.4, -0.2) is 27.3 Å². The monoisotopic (exact) mass is 274 g/mol. The van der Waals surface area contributed by atoms with E-state index in [1.807, 2.05) is 13.0 Å². The Morgan fingerprint density at radius 2 is 2.10 bits per heavy atom. The number of fused-ring (bicyclic) bond motifs is 1. The summed E-state index contributed by atoms with van der Waals surface area (Å²) in [5.74, 6) is 0.909. The number of hydrogen-bond acceptors (Lipinski definition) is 4. The number of rotatable bonds is 4. The second-order valence-corrected chi connectivity index (χ2v) is 5.79. The van der Waals surface area contributed by atoms with Crippen LogP contribution in [0.2, 0.25) is 0 Å². The molecule has 2 heterocycles. The van der Waals surface area contributed by atoms with E-state index in [2.05, 4.69) is 27.3 Å². The summed E-state index contributed by atoms with van der Waals surface area (Å²) in [4.78, 5) is 2.22. The van der Waals surface area contributed by atoms with Crippen molar-refractivity contribution in [2.75, 3.05) is 7.05 Å². The molecule has 3 rings (SSSR count). The topological polar surface area (TPSA) is 58.0 Å². The van der Waals surface area contributed by atoms with Crippen molar-refractivity contribution in [2.24, 2.45) is 0 Å². The fourth-order valence-corrected chi connectivity index (χ4v) is 2.93. The quantitative estimate of drug-likeness (QED) is 0.871. The lowest BCUT2D eigenvalue weighted by atomic mass is 10.1. The van der Waals surface area contributed by atoms with E-state index >= 15 is 0 Å². The van der Waals surface area contributed by atoms with Gasteiger partial charge in [-0.2, -0.15) is 5.10 Å². The highest BCUT2D eigenvalue weighted by Crippen LogP contribution is 2.22. The molecule has 2 aromatic heterocycles. The van der Waals surface area contributed by atoms with Gasteiger partial charge >= 0.3 is 0 Å². The second kappa shape index (κ2) is 5.79. The van der Waals surface area contributed by atoms with Crippen LogP contribution < -0.4 is 0 Å². The lowest BCUT2D eigenvalue weighted by Gasteiger charge is -2.14. The van der Waals surface area contributed by atoms with Gasteiger partial charge < -0.3 is 4.52 Å². The van der Waals surface area contributed by atoms with Gasteiger partial charge in [0, 0.05) is 18.3 Å². The Balaban J connectivity index is 1.66. The normalized spacial score (nSPS) is 15.3. The van der Waals surface area contributed by atoms with E-state index in [9.17, 15) is 0 Å². The van der Waals surface area contributed by atoms with E-state index < -0.39 is 0 Å². The largest absolute Gasteiger partial charge is 0.360 e. The zero-order chi connectivity index (χ0) is 13.9. The second-order valence-electron chi connectivity index (χ2n) is 5.79. The van der Waals surface area contributed by atoms with Crippen LogP contribution in [0.1, 0.15) is 47.7 Å². The van der Waals surface area contributed by atoms with Crippen molar-refractivity contribution in [3.05, 3.63) is 34.5 Å². The van der Waals surface area contributed by atoms with Crippen LogP contribution in [0.5, 0.6) is 0 Å². The zero-order valence-corrected chi connectivity index (χ0v) is 12.3. The molecule has 0 aliphatic heterocycles. The molecule has 5 heteroatoms. The number of nitrogens with zero attached hydrogens (tertiary/aromatic N) is 3. The van der Waals surface area contributed by atoms with Crippen LogP contribution in [0.3, 0.4) is 0 Å². The molecule has 0 saturated carbocycles. The fourth-order valence-electron chi connectivity index (χ4n) is 2.93. The van der Waals surface area contributed by atoms with Crippen LogP contribution in [0.4, 0.5) is 0 Å². The molecule has 0 spiro atoms. The molecule has 0 radical (unpaired) electrons. The van der Waals surface area contributed by atoms with Gasteiger partial charge in [-0.1, -0.05) is 11.6 Å². The molecule has 0 amide bonds. The summed E-state index contributed by atoms with van der Waals surface area (Å²) in [6.07, 6.45) is 6.20. The molecule has 0 bridgehead atoms. The molecule has 1 N–H and O–H groups in total. The van der Waals surface area contributed by atoms with Gasteiger partial charge in [0.25, 0.3) is 0 Å². The van der Waals surface area contributed by atoms with E-state index in [4.69, 9.17) is 4.52 Å². The van der Waals surface area contributed by atoms with Gasteiger partial charge in [0.05, 0.1) is 17.9 Å². The first-order valence-corrected chi connectivity index (χ1v) is 7.38. The summed E-state index contributed by atoms with van der Waals surface area (Å²) >= 11 is 0. The highest BCUT2D eigenvalue weighted by molar-refractivity contribution is 5.26. The molecule has 2 aromatic rings. The lowest BCUT2D eigenvalue weighted by molar-refractivity contribution is 0.263. The van der Waals surface area contributed by atoms with E-state index in [0.29, 0.717) is 0 Å². The number of aromatic amines is 1. The third kappa shape index (κ3) is 2.93. The van der Waals surface area contributed by atoms with Crippen molar-refractivity contribution in [3.63, 3.8) is 0 Å². The Labute approximate surface area is 119 Å². The van der Waals surface area contributed by atoms with Gasteiger partial charge in [0.2, 0.25) is 0 Å². The summed E-state index contributed by atoms with van der Waals surface area (Å²) in [6.45, 7) is 3.56. The van der Waals surface area contributed by atoms with Gasteiger partial charge in [-0.05, 0) is 45.2 Å². The Morgan fingerprint density at radius 3 is 2.90 bits per heavy atom. The molecule has 5 nitrogen and oxygen atoms in total. The summed E-state index contributed by atoms with van der Waals surface area (Å²) < 4.78 is 5.27. The smallest absolute Gasteiger partial charge is 0.150 e. The average molecular weight is 274 g/mol. The molecular formula is C15H22N4O. The summed E-state index contributed by atoms with van der Waals surface area (Å²) in [5, 5.41) is 11.7. The predicted octanol–water partition coefficient (Wildman–Crippen LogP) is 2.61. The molecule has 0 fully saturated rings. The first kappa shape index (κ1) is 13.4. The zero-order valence-electron chi connectivity index (χ0n) is 12.3.